The zero-order valence-corrected chi connectivity index (χ0v) is 17.2. The molecule has 1 fully saturated rings. The summed E-state index contributed by atoms with van der Waals surface area (Å²) in [5.74, 6) is 6.61. The Bertz CT molecular complexity index is 945. The van der Waals surface area contributed by atoms with Gasteiger partial charge in [-0.3, -0.25) is 9.19 Å². The molecule has 1 aliphatic carbocycles. The van der Waals surface area contributed by atoms with E-state index in [1.54, 1.807) is 0 Å². The van der Waals surface area contributed by atoms with Gasteiger partial charge >= 0.3 is 10.3 Å². The number of nitrogens with one attached hydrogen (secondary N) is 1. The lowest BCUT2D eigenvalue weighted by atomic mass is 10.1. The van der Waals surface area contributed by atoms with Gasteiger partial charge in [-0.25, -0.2) is 20.9 Å². The summed E-state index contributed by atoms with van der Waals surface area (Å²) in [5, 5.41) is 19.7. The van der Waals surface area contributed by atoms with Gasteiger partial charge in [-0.1, -0.05) is 30.3 Å². The Hall–Kier alpha value is -2.51. The molecule has 1 aliphatic rings. The van der Waals surface area contributed by atoms with Crippen LogP contribution in [0.15, 0.2) is 36.7 Å². The second-order valence-corrected chi connectivity index (χ2v) is 8.48. The molecule has 0 bridgehead atoms. The predicted molar refractivity (Wildman–Crippen MR) is 113 cm³/mol. The van der Waals surface area contributed by atoms with E-state index in [9.17, 15) is 13.5 Å². The van der Waals surface area contributed by atoms with Gasteiger partial charge in [0.25, 0.3) is 0 Å². The molecule has 0 amide bonds. The number of aliphatic hydroxyl groups is 1. The first-order chi connectivity index (χ1) is 14.2. The van der Waals surface area contributed by atoms with Crippen LogP contribution in [0.2, 0.25) is 0 Å². The van der Waals surface area contributed by atoms with Crippen LogP contribution in [0.3, 0.4) is 0 Å². The second-order valence-electron chi connectivity index (χ2n) is 7.26. The number of hydrogen-bond donors (Lipinski definition) is 5. The van der Waals surface area contributed by atoms with Gasteiger partial charge < -0.3 is 16.2 Å². The van der Waals surface area contributed by atoms with E-state index in [1.165, 1.54) is 16.9 Å². The highest BCUT2D eigenvalue weighted by Gasteiger charge is 2.37. The van der Waals surface area contributed by atoms with Crippen molar-refractivity contribution in [1.82, 2.24) is 9.97 Å². The number of hydrogen-bond acceptors (Lipinski definition) is 10. The van der Waals surface area contributed by atoms with Crippen LogP contribution in [0, 0.1) is 5.92 Å². The lowest BCUT2D eigenvalue weighted by Gasteiger charge is -2.26. The van der Waals surface area contributed by atoms with Gasteiger partial charge in [0.15, 0.2) is 11.6 Å². The van der Waals surface area contributed by atoms with E-state index in [0.29, 0.717) is 36.7 Å². The normalized spacial score (nSPS) is 21.5. The van der Waals surface area contributed by atoms with E-state index < -0.39 is 22.3 Å². The molecule has 12 heteroatoms. The van der Waals surface area contributed by atoms with Crippen LogP contribution in [0.25, 0.3) is 0 Å². The molecule has 3 unspecified atom stereocenters. The molecule has 3 atom stereocenters. The summed E-state index contributed by atoms with van der Waals surface area (Å²) in [6, 6.07) is 9.71. The minimum absolute atomic E-state index is 0.212. The van der Waals surface area contributed by atoms with Crippen LogP contribution >= 0.6 is 0 Å². The number of aliphatic hydroxyl groups excluding tert-OH is 1. The molecule has 0 radical (unpaired) electrons. The van der Waals surface area contributed by atoms with Crippen LogP contribution in [0.5, 0.6) is 0 Å². The molecular weight excluding hydrogens is 410 g/mol. The van der Waals surface area contributed by atoms with E-state index in [0.717, 1.165) is 6.42 Å². The first-order valence-electron chi connectivity index (χ1n) is 9.52. The Morgan fingerprint density at radius 1 is 1.23 bits per heavy atom. The van der Waals surface area contributed by atoms with Gasteiger partial charge in [0.1, 0.15) is 12.0 Å². The van der Waals surface area contributed by atoms with Crippen molar-refractivity contribution < 1.29 is 17.7 Å². The van der Waals surface area contributed by atoms with Gasteiger partial charge in [0.2, 0.25) is 0 Å². The molecule has 1 aromatic heterocycles. The van der Waals surface area contributed by atoms with Gasteiger partial charge in [-0.2, -0.15) is 8.42 Å². The Balaban J connectivity index is 1.62. The minimum atomic E-state index is -4.07. The van der Waals surface area contributed by atoms with Crippen molar-refractivity contribution >= 4 is 27.6 Å². The number of nitrogen functional groups attached to an aromatic ring is 1. The van der Waals surface area contributed by atoms with Gasteiger partial charge in [0, 0.05) is 18.5 Å². The average Bonchev–Trinajstić information content (AvgIpc) is 3.08. The highest BCUT2D eigenvalue weighted by molar-refractivity contribution is 7.84. The summed E-state index contributed by atoms with van der Waals surface area (Å²) in [5.41, 5.74) is 7.71. The minimum Gasteiger partial charge on any atom is -0.393 e. The van der Waals surface area contributed by atoms with Gasteiger partial charge in [-0.05, 0) is 24.8 Å². The first kappa shape index (κ1) is 22.2. The predicted octanol–water partition coefficient (Wildman–Crippen LogP) is -0.247. The summed E-state index contributed by atoms with van der Waals surface area (Å²) in [7, 11) is -4.07. The molecule has 2 aromatic rings. The number of rotatable bonds is 9. The maximum atomic E-state index is 11.0. The lowest BCUT2D eigenvalue weighted by Crippen LogP contribution is -2.41. The van der Waals surface area contributed by atoms with Crippen molar-refractivity contribution in [3.8, 4) is 0 Å². The average molecular weight is 438 g/mol. The Morgan fingerprint density at radius 3 is 2.67 bits per heavy atom. The van der Waals surface area contributed by atoms with Crippen LogP contribution in [-0.2, 0) is 20.9 Å². The summed E-state index contributed by atoms with van der Waals surface area (Å²) in [6.07, 6.45) is 2.09. The number of anilines is 3. The third kappa shape index (κ3) is 5.77. The van der Waals surface area contributed by atoms with Crippen molar-refractivity contribution in [3.05, 3.63) is 42.2 Å². The molecule has 1 aromatic carbocycles. The fraction of sp³-hybridized carbons (Fsp3) is 0.444. The lowest BCUT2D eigenvalue weighted by molar-refractivity contribution is 0.101. The Labute approximate surface area is 175 Å². The molecule has 164 valence electrons. The van der Waals surface area contributed by atoms with Crippen molar-refractivity contribution in [2.24, 2.45) is 16.9 Å². The standard InChI is InChI=1S/C18H27N7O4S/c19-16-17(22-7-6-12-4-2-1-3-5-12)23-11-24-18(16)25(20)14-8-13(15(26)9-14)10-29-30(21,27)28/h1-5,11,13-15,26H,6-10,19-20H2,(H2,21,27,28)(H,22,23,24). The van der Waals surface area contributed by atoms with E-state index in [2.05, 4.69) is 19.5 Å². The van der Waals surface area contributed by atoms with E-state index in [1.807, 2.05) is 30.3 Å². The summed E-state index contributed by atoms with van der Waals surface area (Å²) < 4.78 is 26.6. The molecule has 30 heavy (non-hydrogen) atoms. The molecule has 11 nitrogen and oxygen atoms in total. The molecule has 3 rings (SSSR count). The maximum absolute atomic E-state index is 11.0. The summed E-state index contributed by atoms with van der Waals surface area (Å²) in [4.78, 5) is 8.37. The Kier molecular flexibility index (Phi) is 7.05. The van der Waals surface area contributed by atoms with Crippen LogP contribution in [-0.4, -0.2) is 48.8 Å². The quantitative estimate of drug-likeness (QED) is 0.259. The highest BCUT2D eigenvalue weighted by atomic mass is 32.2. The Morgan fingerprint density at radius 2 is 1.97 bits per heavy atom. The maximum Gasteiger partial charge on any atom is 0.333 e. The summed E-state index contributed by atoms with van der Waals surface area (Å²) in [6.45, 7) is 0.417. The first-order valence-corrected chi connectivity index (χ1v) is 11.0. The number of benzene rings is 1. The van der Waals surface area contributed by atoms with Crippen LogP contribution in [0.4, 0.5) is 17.3 Å². The van der Waals surface area contributed by atoms with Crippen molar-refractivity contribution in [2.75, 3.05) is 29.2 Å². The number of hydrazine groups is 1. The van der Waals surface area contributed by atoms with Crippen molar-refractivity contribution in [3.63, 3.8) is 0 Å². The van der Waals surface area contributed by atoms with E-state index in [4.69, 9.17) is 16.7 Å². The van der Waals surface area contributed by atoms with Gasteiger partial charge in [0.05, 0.1) is 12.7 Å². The topological polar surface area (TPSA) is 183 Å². The van der Waals surface area contributed by atoms with E-state index in [-0.39, 0.29) is 12.6 Å². The fourth-order valence-electron chi connectivity index (χ4n) is 3.54. The summed E-state index contributed by atoms with van der Waals surface area (Å²) >= 11 is 0. The largest absolute Gasteiger partial charge is 0.393 e. The van der Waals surface area contributed by atoms with E-state index >= 15 is 0 Å². The van der Waals surface area contributed by atoms with Crippen LogP contribution < -0.4 is 27.0 Å². The zero-order valence-electron chi connectivity index (χ0n) is 16.4. The fourth-order valence-corrected chi connectivity index (χ4v) is 3.90. The zero-order chi connectivity index (χ0) is 21.7. The third-order valence-corrected chi connectivity index (χ3v) is 5.59. The molecule has 1 heterocycles. The molecule has 0 aliphatic heterocycles. The highest BCUT2D eigenvalue weighted by Crippen LogP contribution is 2.34. The monoisotopic (exact) mass is 437 g/mol. The number of nitrogens with two attached hydrogens (primary N) is 3. The van der Waals surface area contributed by atoms with Gasteiger partial charge in [-0.15, -0.1) is 0 Å². The molecule has 1 saturated carbocycles. The van der Waals surface area contributed by atoms with Crippen LogP contribution in [0.1, 0.15) is 18.4 Å². The second kappa shape index (κ2) is 9.53. The number of aromatic nitrogens is 2. The SMILES string of the molecule is Nc1c(NCCc2ccccc2)ncnc1N(N)C1CC(O)C(COS(N)(=O)=O)C1. The number of nitrogens with zero attached hydrogens (tertiary/aromatic N) is 3. The molecule has 0 saturated heterocycles. The molecule has 0 spiro atoms. The molecule has 8 N–H and O–H groups in total. The van der Waals surface area contributed by atoms with Crippen molar-refractivity contribution in [2.45, 2.75) is 31.4 Å². The third-order valence-electron chi connectivity index (χ3n) is 5.13. The smallest absolute Gasteiger partial charge is 0.333 e. The molecular formula is C18H27N7O4S. The van der Waals surface area contributed by atoms with Crippen molar-refractivity contribution in [1.29, 1.82) is 0 Å².